The number of aromatic nitrogens is 3. The molecule has 0 fully saturated rings. The van der Waals surface area contributed by atoms with E-state index in [1.165, 1.54) is 0 Å². The van der Waals surface area contributed by atoms with Gasteiger partial charge in [0.25, 0.3) is 5.56 Å². The van der Waals surface area contributed by atoms with Crippen molar-refractivity contribution < 1.29 is 4.74 Å². The predicted octanol–water partition coefficient (Wildman–Crippen LogP) is 3.88. The van der Waals surface area contributed by atoms with Gasteiger partial charge in [-0.1, -0.05) is 23.7 Å². The van der Waals surface area contributed by atoms with Gasteiger partial charge in [0, 0.05) is 28.1 Å². The number of nitrogens with one attached hydrogen (secondary N) is 1. The lowest BCUT2D eigenvalue weighted by Gasteiger charge is -2.09. The second-order valence-corrected chi connectivity index (χ2v) is 6.64. The molecule has 0 aliphatic rings. The Balaban J connectivity index is 1.86. The molecule has 126 valence electrons. The Morgan fingerprint density at radius 1 is 1.32 bits per heavy atom. The average molecular weight is 372 g/mol. The first kappa shape index (κ1) is 16.1. The summed E-state index contributed by atoms with van der Waals surface area (Å²) in [7, 11) is 1.62. The fraction of sp³-hybridized carbons (Fsp3) is 0.111. The summed E-state index contributed by atoms with van der Waals surface area (Å²) in [4.78, 5) is 20.9. The monoisotopic (exact) mass is 371 g/mol. The quantitative estimate of drug-likeness (QED) is 0.537. The molecular formula is C18H14ClN3O2S. The molecule has 0 bridgehead atoms. The van der Waals surface area contributed by atoms with Crippen LogP contribution in [0.25, 0.3) is 21.9 Å². The number of pyridine rings is 2. The van der Waals surface area contributed by atoms with Crippen LogP contribution in [0.3, 0.4) is 0 Å². The molecule has 0 atom stereocenters. The molecule has 0 saturated heterocycles. The highest BCUT2D eigenvalue weighted by atomic mass is 35.5. The number of rotatable bonds is 3. The zero-order chi connectivity index (χ0) is 17.6. The molecule has 0 radical (unpaired) electrons. The molecule has 0 unspecified atom stereocenters. The van der Waals surface area contributed by atoms with Crippen LogP contribution in [0.5, 0.6) is 5.75 Å². The smallest absolute Gasteiger partial charge is 0.275 e. The Bertz CT molecular complexity index is 1150. The van der Waals surface area contributed by atoms with Gasteiger partial charge >= 0.3 is 0 Å². The SMILES string of the molecule is COc1ccc(Cn2cc(S)c3c([nH]c4ncc(Cl)cc43)c2=O)cc1. The molecule has 3 aromatic heterocycles. The fourth-order valence-corrected chi connectivity index (χ4v) is 3.46. The maximum Gasteiger partial charge on any atom is 0.275 e. The van der Waals surface area contributed by atoms with Gasteiger partial charge in [-0.15, -0.1) is 12.6 Å². The van der Waals surface area contributed by atoms with E-state index in [9.17, 15) is 4.79 Å². The maximum atomic E-state index is 12.9. The molecule has 0 spiro atoms. The van der Waals surface area contributed by atoms with Gasteiger partial charge in [0.1, 0.15) is 16.9 Å². The molecule has 1 N–H and O–H groups in total. The van der Waals surface area contributed by atoms with E-state index in [-0.39, 0.29) is 5.56 Å². The number of thiol groups is 1. The van der Waals surface area contributed by atoms with Gasteiger partial charge in [-0.3, -0.25) is 4.79 Å². The van der Waals surface area contributed by atoms with Gasteiger partial charge in [0.2, 0.25) is 0 Å². The average Bonchev–Trinajstić information content (AvgIpc) is 2.99. The number of aromatic amines is 1. The van der Waals surface area contributed by atoms with Crippen molar-refractivity contribution in [1.29, 1.82) is 0 Å². The van der Waals surface area contributed by atoms with Crippen LogP contribution in [0.4, 0.5) is 0 Å². The van der Waals surface area contributed by atoms with E-state index in [1.807, 2.05) is 24.3 Å². The van der Waals surface area contributed by atoms with E-state index in [0.717, 1.165) is 22.1 Å². The summed E-state index contributed by atoms with van der Waals surface area (Å²) in [6, 6.07) is 9.39. The van der Waals surface area contributed by atoms with Crippen molar-refractivity contribution in [3.63, 3.8) is 0 Å². The number of nitrogens with zero attached hydrogens (tertiary/aromatic N) is 2. The molecule has 7 heteroatoms. The van der Waals surface area contributed by atoms with Crippen molar-refractivity contribution in [3.05, 3.63) is 63.7 Å². The Labute approximate surface area is 153 Å². The van der Waals surface area contributed by atoms with Crippen LogP contribution >= 0.6 is 24.2 Å². The topological polar surface area (TPSA) is 59.9 Å². The summed E-state index contributed by atoms with van der Waals surface area (Å²) in [5, 5.41) is 2.05. The standard InChI is InChI=1S/C18H14ClN3O2S/c1-24-12-4-2-10(3-5-12)8-22-9-14(25)15-13-6-11(19)7-20-17(13)21-16(15)18(22)23/h2-7,9,25H,8H2,1H3,(H,20,21). The highest BCUT2D eigenvalue weighted by molar-refractivity contribution is 7.80. The Kier molecular flexibility index (Phi) is 3.94. The summed E-state index contributed by atoms with van der Waals surface area (Å²) in [5.41, 5.74) is 1.96. The zero-order valence-corrected chi connectivity index (χ0v) is 14.9. The largest absolute Gasteiger partial charge is 0.497 e. The van der Waals surface area contributed by atoms with Crippen LogP contribution in [0.1, 0.15) is 5.56 Å². The van der Waals surface area contributed by atoms with Gasteiger partial charge in [-0.05, 0) is 23.8 Å². The first-order chi connectivity index (χ1) is 12.1. The third kappa shape index (κ3) is 2.77. The Morgan fingerprint density at radius 3 is 2.80 bits per heavy atom. The van der Waals surface area contributed by atoms with Crippen LogP contribution in [-0.2, 0) is 6.54 Å². The Morgan fingerprint density at radius 2 is 2.08 bits per heavy atom. The molecule has 0 amide bonds. The highest BCUT2D eigenvalue weighted by Gasteiger charge is 2.14. The van der Waals surface area contributed by atoms with E-state index in [4.69, 9.17) is 16.3 Å². The number of benzene rings is 1. The normalized spacial score (nSPS) is 11.3. The van der Waals surface area contributed by atoms with Gasteiger partial charge in [-0.2, -0.15) is 0 Å². The summed E-state index contributed by atoms with van der Waals surface area (Å²) in [6.45, 7) is 0.440. The number of hydrogen-bond donors (Lipinski definition) is 2. The zero-order valence-electron chi connectivity index (χ0n) is 13.3. The van der Waals surface area contributed by atoms with Crippen molar-refractivity contribution in [1.82, 2.24) is 14.5 Å². The maximum absolute atomic E-state index is 12.9. The van der Waals surface area contributed by atoms with Crippen molar-refractivity contribution in [2.75, 3.05) is 7.11 Å². The van der Waals surface area contributed by atoms with E-state index < -0.39 is 0 Å². The second-order valence-electron chi connectivity index (χ2n) is 5.72. The molecule has 0 saturated carbocycles. The summed E-state index contributed by atoms with van der Waals surface area (Å²) in [6.07, 6.45) is 3.29. The summed E-state index contributed by atoms with van der Waals surface area (Å²) >= 11 is 10.6. The summed E-state index contributed by atoms with van der Waals surface area (Å²) < 4.78 is 6.79. The molecule has 0 aliphatic heterocycles. The number of methoxy groups -OCH3 is 1. The highest BCUT2D eigenvalue weighted by Crippen LogP contribution is 2.29. The predicted molar refractivity (Wildman–Crippen MR) is 102 cm³/mol. The third-order valence-electron chi connectivity index (χ3n) is 4.14. The summed E-state index contributed by atoms with van der Waals surface area (Å²) in [5.74, 6) is 0.778. The molecule has 3 heterocycles. The van der Waals surface area contributed by atoms with Crippen LogP contribution < -0.4 is 10.3 Å². The minimum atomic E-state index is -0.127. The van der Waals surface area contributed by atoms with Crippen molar-refractivity contribution in [3.8, 4) is 5.75 Å². The van der Waals surface area contributed by atoms with Crippen LogP contribution in [0, 0.1) is 0 Å². The van der Waals surface area contributed by atoms with Crippen molar-refractivity contribution in [2.45, 2.75) is 11.4 Å². The fourth-order valence-electron chi connectivity index (χ4n) is 2.93. The molecule has 1 aromatic carbocycles. The van der Waals surface area contributed by atoms with Crippen LogP contribution in [0.15, 0.2) is 52.4 Å². The number of hydrogen-bond acceptors (Lipinski definition) is 4. The molecule has 5 nitrogen and oxygen atoms in total. The van der Waals surface area contributed by atoms with Crippen LogP contribution in [0.2, 0.25) is 5.02 Å². The van der Waals surface area contributed by atoms with Crippen molar-refractivity contribution >= 4 is 46.2 Å². The van der Waals surface area contributed by atoms with E-state index in [1.54, 1.807) is 30.1 Å². The number of ether oxygens (including phenoxy) is 1. The minimum Gasteiger partial charge on any atom is -0.497 e. The van der Waals surface area contributed by atoms with Gasteiger partial charge in [0.15, 0.2) is 0 Å². The number of H-pyrrole nitrogens is 1. The molecule has 4 aromatic rings. The number of fused-ring (bicyclic) bond motifs is 3. The van der Waals surface area contributed by atoms with Gasteiger partial charge in [0.05, 0.1) is 18.7 Å². The lowest BCUT2D eigenvalue weighted by Crippen LogP contribution is -2.20. The Hall–Kier alpha value is -2.44. The molecular weight excluding hydrogens is 358 g/mol. The van der Waals surface area contributed by atoms with E-state index >= 15 is 0 Å². The molecule has 25 heavy (non-hydrogen) atoms. The van der Waals surface area contributed by atoms with E-state index in [0.29, 0.717) is 27.6 Å². The third-order valence-corrected chi connectivity index (χ3v) is 4.68. The molecule has 0 aliphatic carbocycles. The van der Waals surface area contributed by atoms with Crippen LogP contribution in [-0.4, -0.2) is 21.6 Å². The van der Waals surface area contributed by atoms with E-state index in [2.05, 4.69) is 22.6 Å². The first-order valence-electron chi connectivity index (χ1n) is 7.59. The number of halogens is 1. The lowest BCUT2D eigenvalue weighted by atomic mass is 10.2. The lowest BCUT2D eigenvalue weighted by molar-refractivity contribution is 0.414. The van der Waals surface area contributed by atoms with Gasteiger partial charge < -0.3 is 14.3 Å². The second kappa shape index (κ2) is 6.13. The molecule has 4 rings (SSSR count). The minimum absolute atomic E-state index is 0.127. The van der Waals surface area contributed by atoms with Crippen molar-refractivity contribution in [2.24, 2.45) is 0 Å². The van der Waals surface area contributed by atoms with Gasteiger partial charge in [-0.25, -0.2) is 4.98 Å². The first-order valence-corrected chi connectivity index (χ1v) is 8.41.